The molecule has 0 aliphatic carbocycles. The highest BCUT2D eigenvalue weighted by Crippen LogP contribution is 2.44. The lowest BCUT2D eigenvalue weighted by molar-refractivity contribution is -0.123. The van der Waals surface area contributed by atoms with Crippen LogP contribution in [0.1, 0.15) is 64.7 Å². The summed E-state index contributed by atoms with van der Waals surface area (Å²) >= 11 is 2.17. The van der Waals surface area contributed by atoms with Crippen LogP contribution in [0.2, 0.25) is 0 Å². The quantitative estimate of drug-likeness (QED) is 0.670. The second-order valence-electron chi connectivity index (χ2n) is 5.40. The normalized spacial score (nSPS) is 33.7. The number of thioether (sulfide) groups is 1. The van der Waals surface area contributed by atoms with Gasteiger partial charge in [-0.1, -0.05) is 26.2 Å². The molecule has 0 aromatic rings. The van der Waals surface area contributed by atoms with E-state index in [-0.39, 0.29) is 0 Å². The molecule has 0 aromatic carbocycles. The van der Waals surface area contributed by atoms with Crippen LogP contribution in [0.4, 0.5) is 0 Å². The molecule has 2 heterocycles. The van der Waals surface area contributed by atoms with Crippen molar-refractivity contribution in [1.82, 2.24) is 0 Å². The second-order valence-corrected chi connectivity index (χ2v) is 7.01. The maximum absolute atomic E-state index is 12.1. The first-order chi connectivity index (χ1) is 7.79. The van der Waals surface area contributed by atoms with E-state index in [0.29, 0.717) is 11.7 Å². The van der Waals surface area contributed by atoms with Crippen LogP contribution in [0.25, 0.3) is 0 Å². The highest BCUT2D eigenvalue weighted by Gasteiger charge is 2.34. The third-order valence-electron chi connectivity index (χ3n) is 4.01. The Kier molecular flexibility index (Phi) is 4.75. The molecule has 2 aliphatic rings. The van der Waals surface area contributed by atoms with Gasteiger partial charge in [-0.25, -0.2) is 0 Å². The molecule has 0 N–H and O–H groups in total. The van der Waals surface area contributed by atoms with Crippen LogP contribution >= 0.6 is 11.8 Å². The van der Waals surface area contributed by atoms with E-state index in [4.69, 9.17) is 0 Å². The SMILES string of the molecule is CCCCCC(=O)C1CC2CCCC(C1)S2. The molecule has 2 heteroatoms. The molecule has 2 rings (SSSR count). The molecular weight excluding hydrogens is 216 g/mol. The van der Waals surface area contributed by atoms with Crippen molar-refractivity contribution in [1.29, 1.82) is 0 Å². The first-order valence-electron chi connectivity index (χ1n) is 6.97. The summed E-state index contributed by atoms with van der Waals surface area (Å²) in [5.74, 6) is 0.999. The van der Waals surface area contributed by atoms with Crippen LogP contribution in [0.3, 0.4) is 0 Å². The molecule has 92 valence electrons. The van der Waals surface area contributed by atoms with Crippen molar-refractivity contribution in [2.75, 3.05) is 0 Å². The van der Waals surface area contributed by atoms with Gasteiger partial charge in [0.05, 0.1) is 0 Å². The predicted molar refractivity (Wildman–Crippen MR) is 70.9 cm³/mol. The molecule has 2 aliphatic heterocycles. The fraction of sp³-hybridized carbons (Fsp3) is 0.929. The molecule has 0 radical (unpaired) electrons. The number of carbonyl (C=O) groups excluding carboxylic acids is 1. The van der Waals surface area contributed by atoms with E-state index in [1.165, 1.54) is 44.9 Å². The highest BCUT2D eigenvalue weighted by atomic mass is 32.2. The van der Waals surface area contributed by atoms with Crippen LogP contribution in [-0.2, 0) is 4.79 Å². The van der Waals surface area contributed by atoms with E-state index < -0.39 is 0 Å². The summed E-state index contributed by atoms with van der Waals surface area (Å²) < 4.78 is 0. The number of carbonyl (C=O) groups is 1. The van der Waals surface area contributed by atoms with Crippen molar-refractivity contribution >= 4 is 17.5 Å². The molecular formula is C14H24OS. The molecule has 0 aromatic heterocycles. The average molecular weight is 240 g/mol. The zero-order valence-corrected chi connectivity index (χ0v) is 11.2. The van der Waals surface area contributed by atoms with Gasteiger partial charge in [-0.2, -0.15) is 11.8 Å². The zero-order valence-electron chi connectivity index (χ0n) is 10.4. The third-order valence-corrected chi connectivity index (χ3v) is 5.64. The van der Waals surface area contributed by atoms with Gasteiger partial charge in [-0.3, -0.25) is 4.79 Å². The number of rotatable bonds is 5. The van der Waals surface area contributed by atoms with Crippen LogP contribution in [0.5, 0.6) is 0 Å². The summed E-state index contributed by atoms with van der Waals surface area (Å²) in [6.45, 7) is 2.20. The smallest absolute Gasteiger partial charge is 0.136 e. The Labute approximate surface area is 104 Å². The van der Waals surface area contributed by atoms with Gasteiger partial charge >= 0.3 is 0 Å². The van der Waals surface area contributed by atoms with Crippen molar-refractivity contribution in [2.45, 2.75) is 75.2 Å². The lowest BCUT2D eigenvalue weighted by Crippen LogP contribution is -2.32. The number of fused-ring (bicyclic) bond motifs is 2. The zero-order chi connectivity index (χ0) is 11.4. The van der Waals surface area contributed by atoms with Gasteiger partial charge < -0.3 is 0 Å². The Morgan fingerprint density at radius 2 is 1.88 bits per heavy atom. The van der Waals surface area contributed by atoms with E-state index in [9.17, 15) is 4.79 Å². The topological polar surface area (TPSA) is 17.1 Å². The Hall–Kier alpha value is 0.0200. The van der Waals surface area contributed by atoms with Gasteiger partial charge in [-0.15, -0.1) is 0 Å². The fourth-order valence-corrected chi connectivity index (χ4v) is 4.91. The van der Waals surface area contributed by atoms with E-state index in [1.54, 1.807) is 0 Å². The Bertz CT molecular complexity index is 227. The maximum atomic E-state index is 12.1. The summed E-state index contributed by atoms with van der Waals surface area (Å²) in [6.07, 6.45) is 10.9. The molecule has 2 fully saturated rings. The maximum Gasteiger partial charge on any atom is 0.136 e. The summed E-state index contributed by atoms with van der Waals surface area (Å²) in [5, 5.41) is 1.63. The Morgan fingerprint density at radius 3 is 2.50 bits per heavy atom. The Balaban J connectivity index is 1.78. The monoisotopic (exact) mass is 240 g/mol. The molecule has 1 nitrogen and oxygen atoms in total. The lowest BCUT2D eigenvalue weighted by Gasteiger charge is -2.38. The van der Waals surface area contributed by atoms with Crippen molar-refractivity contribution in [3.8, 4) is 0 Å². The first kappa shape index (κ1) is 12.5. The first-order valence-corrected chi connectivity index (χ1v) is 7.92. The van der Waals surface area contributed by atoms with Crippen molar-refractivity contribution in [3.05, 3.63) is 0 Å². The fourth-order valence-electron chi connectivity index (χ4n) is 3.08. The van der Waals surface area contributed by atoms with Gasteiger partial charge in [0.1, 0.15) is 5.78 Å². The van der Waals surface area contributed by atoms with Crippen molar-refractivity contribution in [2.24, 2.45) is 5.92 Å². The van der Waals surface area contributed by atoms with Crippen LogP contribution < -0.4 is 0 Å². The second kappa shape index (κ2) is 6.09. The molecule has 2 saturated heterocycles. The van der Waals surface area contributed by atoms with Gasteiger partial charge in [0, 0.05) is 22.8 Å². The van der Waals surface area contributed by atoms with E-state index in [0.717, 1.165) is 23.3 Å². The van der Waals surface area contributed by atoms with E-state index in [1.807, 2.05) is 0 Å². The Morgan fingerprint density at radius 1 is 1.19 bits per heavy atom. The number of ketones is 1. The molecule has 2 bridgehead atoms. The summed E-state index contributed by atoms with van der Waals surface area (Å²) in [7, 11) is 0. The standard InChI is InChI=1S/C14H24OS/c1-2-3-4-8-14(15)11-9-12-6-5-7-13(10-11)16-12/h11-13H,2-10H2,1H3. The van der Waals surface area contributed by atoms with Crippen LogP contribution in [0.15, 0.2) is 0 Å². The molecule has 0 spiro atoms. The largest absolute Gasteiger partial charge is 0.299 e. The number of Topliss-reactive ketones (excluding diaryl/α,β-unsaturated/α-hetero) is 1. The molecule has 2 atom stereocenters. The number of hydrogen-bond acceptors (Lipinski definition) is 2. The van der Waals surface area contributed by atoms with E-state index in [2.05, 4.69) is 18.7 Å². The molecule has 2 unspecified atom stereocenters. The van der Waals surface area contributed by atoms with Gasteiger partial charge in [0.2, 0.25) is 0 Å². The molecule has 0 amide bonds. The number of hydrogen-bond donors (Lipinski definition) is 0. The lowest BCUT2D eigenvalue weighted by atomic mass is 9.85. The summed E-state index contributed by atoms with van der Waals surface area (Å²) in [6, 6.07) is 0. The van der Waals surface area contributed by atoms with Gasteiger partial charge in [0.25, 0.3) is 0 Å². The third kappa shape index (κ3) is 3.26. The minimum atomic E-state index is 0.424. The molecule has 0 saturated carbocycles. The van der Waals surface area contributed by atoms with Crippen LogP contribution in [0, 0.1) is 5.92 Å². The number of unbranched alkanes of at least 4 members (excludes halogenated alkanes) is 2. The van der Waals surface area contributed by atoms with E-state index >= 15 is 0 Å². The summed E-state index contributed by atoms with van der Waals surface area (Å²) in [5.41, 5.74) is 0. The van der Waals surface area contributed by atoms with Gasteiger partial charge in [0.15, 0.2) is 0 Å². The minimum Gasteiger partial charge on any atom is -0.299 e. The predicted octanol–water partition coefficient (Wildman–Crippen LogP) is 4.20. The van der Waals surface area contributed by atoms with Crippen LogP contribution in [-0.4, -0.2) is 16.3 Å². The molecule has 16 heavy (non-hydrogen) atoms. The van der Waals surface area contributed by atoms with Crippen molar-refractivity contribution in [3.63, 3.8) is 0 Å². The minimum absolute atomic E-state index is 0.424. The average Bonchev–Trinajstić information content (AvgIpc) is 2.28. The summed E-state index contributed by atoms with van der Waals surface area (Å²) in [4.78, 5) is 12.1. The highest BCUT2D eigenvalue weighted by molar-refractivity contribution is 8.00. The van der Waals surface area contributed by atoms with Gasteiger partial charge in [-0.05, 0) is 32.1 Å². The van der Waals surface area contributed by atoms with Crippen molar-refractivity contribution < 1.29 is 4.79 Å².